The molecule has 1 fully saturated rings. The maximum Gasteiger partial charge on any atom is 0.145 e. The Kier molecular flexibility index (Phi) is 4.87. The molecule has 1 rings (SSSR count). The summed E-state index contributed by atoms with van der Waals surface area (Å²) in [7, 11) is 1.58. The van der Waals surface area contributed by atoms with Crippen LogP contribution in [-0.4, -0.2) is 25.3 Å². The van der Waals surface area contributed by atoms with E-state index in [4.69, 9.17) is 4.74 Å². The number of ether oxygens (including phenoxy) is 1. The van der Waals surface area contributed by atoms with E-state index >= 15 is 0 Å². The van der Waals surface area contributed by atoms with E-state index in [9.17, 15) is 9.59 Å². The smallest absolute Gasteiger partial charge is 0.145 e. The largest absolute Gasteiger partial charge is 0.384 e. The van der Waals surface area contributed by atoms with Crippen LogP contribution >= 0.6 is 0 Å². The molecule has 2 atom stereocenters. The fraction of sp³-hybridized carbons (Fsp3) is 0.857. The standard InChI is InChI=1S/C14H24O3/c1-14(2,3)10-5-6-12(15)11(9-10)13(16)7-8-17-4/h10-11H,5-9H2,1-4H3. The number of methoxy groups -OCH3 is 1. The summed E-state index contributed by atoms with van der Waals surface area (Å²) in [6, 6.07) is 0. The zero-order valence-electron chi connectivity index (χ0n) is 11.4. The van der Waals surface area contributed by atoms with Gasteiger partial charge in [0.1, 0.15) is 11.6 Å². The summed E-state index contributed by atoms with van der Waals surface area (Å²) in [6.07, 6.45) is 2.58. The van der Waals surface area contributed by atoms with Crippen molar-refractivity contribution in [1.82, 2.24) is 0 Å². The van der Waals surface area contributed by atoms with E-state index in [-0.39, 0.29) is 22.9 Å². The highest BCUT2D eigenvalue weighted by Gasteiger charge is 2.37. The van der Waals surface area contributed by atoms with Gasteiger partial charge >= 0.3 is 0 Å². The average molecular weight is 240 g/mol. The normalized spacial score (nSPS) is 26.0. The van der Waals surface area contributed by atoms with Crippen LogP contribution in [0.25, 0.3) is 0 Å². The van der Waals surface area contributed by atoms with Gasteiger partial charge in [-0.15, -0.1) is 0 Å². The van der Waals surface area contributed by atoms with E-state index in [2.05, 4.69) is 20.8 Å². The molecule has 0 aromatic carbocycles. The molecule has 3 nitrogen and oxygen atoms in total. The van der Waals surface area contributed by atoms with E-state index in [0.29, 0.717) is 25.4 Å². The third kappa shape index (κ3) is 3.91. The van der Waals surface area contributed by atoms with E-state index in [1.807, 2.05) is 0 Å². The van der Waals surface area contributed by atoms with Gasteiger partial charge in [-0.3, -0.25) is 9.59 Å². The predicted molar refractivity (Wildman–Crippen MR) is 66.8 cm³/mol. The molecule has 0 N–H and O–H groups in total. The lowest BCUT2D eigenvalue weighted by Crippen LogP contribution is -2.36. The Balaban J connectivity index is 2.63. The number of hydrogen-bond donors (Lipinski definition) is 0. The minimum absolute atomic E-state index is 0.0609. The molecule has 1 saturated carbocycles. The number of carbonyl (C=O) groups excluding carboxylic acids is 2. The number of hydrogen-bond acceptors (Lipinski definition) is 3. The maximum atomic E-state index is 11.9. The van der Waals surface area contributed by atoms with Crippen LogP contribution < -0.4 is 0 Å². The first-order valence-electron chi connectivity index (χ1n) is 6.40. The summed E-state index contributed by atoms with van der Waals surface area (Å²) in [5, 5.41) is 0. The highest BCUT2D eigenvalue weighted by atomic mass is 16.5. The second-order valence-electron chi connectivity index (χ2n) is 6.07. The minimum Gasteiger partial charge on any atom is -0.384 e. The van der Waals surface area contributed by atoms with E-state index in [0.717, 1.165) is 12.8 Å². The van der Waals surface area contributed by atoms with Gasteiger partial charge in [-0.25, -0.2) is 0 Å². The van der Waals surface area contributed by atoms with Crippen LogP contribution in [0.15, 0.2) is 0 Å². The molecule has 0 heterocycles. The Morgan fingerprint density at radius 3 is 2.59 bits per heavy atom. The molecule has 0 aromatic heterocycles. The van der Waals surface area contributed by atoms with Crippen LogP contribution in [0.1, 0.15) is 46.5 Å². The van der Waals surface area contributed by atoms with Crippen molar-refractivity contribution >= 4 is 11.6 Å². The van der Waals surface area contributed by atoms with Crippen molar-refractivity contribution in [3.63, 3.8) is 0 Å². The lowest BCUT2D eigenvalue weighted by Gasteiger charge is -2.36. The fourth-order valence-corrected chi connectivity index (χ4v) is 2.50. The third-order valence-corrected chi connectivity index (χ3v) is 3.81. The van der Waals surface area contributed by atoms with Crippen molar-refractivity contribution in [1.29, 1.82) is 0 Å². The highest BCUT2D eigenvalue weighted by molar-refractivity contribution is 6.02. The second-order valence-corrected chi connectivity index (χ2v) is 6.07. The molecule has 1 aliphatic rings. The summed E-state index contributed by atoms with van der Waals surface area (Å²) >= 11 is 0. The molecular weight excluding hydrogens is 216 g/mol. The Bertz CT molecular complexity index is 288. The van der Waals surface area contributed by atoms with Gasteiger partial charge in [0.05, 0.1) is 12.5 Å². The quantitative estimate of drug-likeness (QED) is 0.709. The van der Waals surface area contributed by atoms with Gasteiger partial charge in [0.15, 0.2) is 0 Å². The van der Waals surface area contributed by atoms with Gasteiger partial charge in [0.25, 0.3) is 0 Å². The van der Waals surface area contributed by atoms with Gasteiger partial charge in [-0.05, 0) is 24.2 Å². The number of carbonyl (C=O) groups is 2. The first kappa shape index (κ1) is 14.4. The first-order chi connectivity index (χ1) is 7.86. The molecule has 0 amide bonds. The lowest BCUT2D eigenvalue weighted by atomic mass is 9.67. The van der Waals surface area contributed by atoms with Gasteiger partial charge in [-0.2, -0.15) is 0 Å². The summed E-state index contributed by atoms with van der Waals surface area (Å²) in [5.74, 6) is 0.289. The molecule has 1 aliphatic carbocycles. The van der Waals surface area contributed by atoms with Gasteiger partial charge in [0.2, 0.25) is 0 Å². The number of rotatable bonds is 4. The van der Waals surface area contributed by atoms with Gasteiger partial charge < -0.3 is 4.74 Å². The molecule has 0 aliphatic heterocycles. The molecule has 98 valence electrons. The number of Topliss-reactive ketones (excluding diaryl/α,β-unsaturated/α-hetero) is 2. The second kappa shape index (κ2) is 5.76. The maximum absolute atomic E-state index is 11.9. The molecule has 0 bridgehead atoms. The van der Waals surface area contributed by atoms with Crippen LogP contribution in [0, 0.1) is 17.3 Å². The number of ketones is 2. The Hall–Kier alpha value is -0.700. The third-order valence-electron chi connectivity index (χ3n) is 3.81. The van der Waals surface area contributed by atoms with Crippen molar-refractivity contribution in [3.8, 4) is 0 Å². The molecular formula is C14H24O3. The molecule has 0 spiro atoms. The minimum atomic E-state index is -0.372. The Labute approximate surface area is 104 Å². The van der Waals surface area contributed by atoms with E-state index in [1.54, 1.807) is 7.11 Å². The molecule has 2 unspecified atom stereocenters. The van der Waals surface area contributed by atoms with Crippen molar-refractivity contribution in [2.75, 3.05) is 13.7 Å². The van der Waals surface area contributed by atoms with Crippen molar-refractivity contribution < 1.29 is 14.3 Å². The van der Waals surface area contributed by atoms with E-state index in [1.165, 1.54) is 0 Å². The highest BCUT2D eigenvalue weighted by Crippen LogP contribution is 2.39. The molecule has 0 saturated heterocycles. The summed E-state index contributed by atoms with van der Waals surface area (Å²) in [5.41, 5.74) is 0.181. The summed E-state index contributed by atoms with van der Waals surface area (Å²) < 4.78 is 4.90. The summed E-state index contributed by atoms with van der Waals surface area (Å²) in [6.45, 7) is 6.97. The molecule has 17 heavy (non-hydrogen) atoms. The topological polar surface area (TPSA) is 43.4 Å². The molecule has 0 radical (unpaired) electrons. The van der Waals surface area contributed by atoms with Gasteiger partial charge in [0, 0.05) is 20.0 Å². The molecule has 3 heteroatoms. The van der Waals surface area contributed by atoms with Crippen LogP contribution in [0.3, 0.4) is 0 Å². The predicted octanol–water partition coefficient (Wildman–Crippen LogP) is 2.62. The van der Waals surface area contributed by atoms with Crippen LogP contribution in [0.4, 0.5) is 0 Å². The van der Waals surface area contributed by atoms with Crippen molar-refractivity contribution in [3.05, 3.63) is 0 Å². The van der Waals surface area contributed by atoms with Crippen LogP contribution in [0.2, 0.25) is 0 Å². The first-order valence-corrected chi connectivity index (χ1v) is 6.40. The lowest BCUT2D eigenvalue weighted by molar-refractivity contribution is -0.136. The molecule has 0 aromatic rings. The zero-order chi connectivity index (χ0) is 13.1. The van der Waals surface area contributed by atoms with Crippen molar-refractivity contribution in [2.45, 2.75) is 46.5 Å². The zero-order valence-corrected chi connectivity index (χ0v) is 11.4. The van der Waals surface area contributed by atoms with Gasteiger partial charge in [-0.1, -0.05) is 20.8 Å². The van der Waals surface area contributed by atoms with Crippen LogP contribution in [-0.2, 0) is 14.3 Å². The fourth-order valence-electron chi connectivity index (χ4n) is 2.50. The Morgan fingerprint density at radius 1 is 1.41 bits per heavy atom. The van der Waals surface area contributed by atoms with Crippen molar-refractivity contribution in [2.24, 2.45) is 17.3 Å². The Morgan fingerprint density at radius 2 is 2.06 bits per heavy atom. The average Bonchev–Trinajstić information content (AvgIpc) is 2.24. The van der Waals surface area contributed by atoms with Crippen LogP contribution in [0.5, 0.6) is 0 Å². The van der Waals surface area contributed by atoms with E-state index < -0.39 is 0 Å². The summed E-state index contributed by atoms with van der Waals surface area (Å²) in [4.78, 5) is 23.7. The monoisotopic (exact) mass is 240 g/mol. The SMILES string of the molecule is COCCC(=O)C1CC(C(C)(C)C)CCC1=O.